The molecule has 1 aliphatic carbocycles. The number of hydrogen-bond acceptors (Lipinski definition) is 3. The van der Waals surface area contributed by atoms with E-state index < -0.39 is 0 Å². The SMILES string of the molecule is C/C(=C/C(=O)NCC1CCN(Cc2cccs2)CC1)C1CC1. The summed E-state index contributed by atoms with van der Waals surface area (Å²) in [5.74, 6) is 1.43. The third kappa shape index (κ3) is 4.68. The summed E-state index contributed by atoms with van der Waals surface area (Å²) in [6, 6.07) is 4.34. The molecule has 0 unspecified atom stereocenters. The third-order valence-electron chi connectivity index (χ3n) is 4.81. The van der Waals surface area contributed by atoms with Crippen molar-refractivity contribution in [3.63, 3.8) is 0 Å². The van der Waals surface area contributed by atoms with Gasteiger partial charge in [0.1, 0.15) is 0 Å². The predicted molar refractivity (Wildman–Crippen MR) is 91.8 cm³/mol. The van der Waals surface area contributed by atoms with Gasteiger partial charge in [0.15, 0.2) is 0 Å². The summed E-state index contributed by atoms with van der Waals surface area (Å²) in [6.45, 7) is 6.30. The minimum Gasteiger partial charge on any atom is -0.352 e. The number of thiophene rings is 1. The Morgan fingerprint density at radius 2 is 2.14 bits per heavy atom. The molecular formula is C18H26N2OS. The highest BCUT2D eigenvalue weighted by molar-refractivity contribution is 7.09. The molecule has 3 rings (SSSR count). The van der Waals surface area contributed by atoms with Crippen LogP contribution in [0.1, 0.15) is 37.5 Å². The molecule has 1 aliphatic heterocycles. The average molecular weight is 318 g/mol. The van der Waals surface area contributed by atoms with E-state index in [9.17, 15) is 4.79 Å². The van der Waals surface area contributed by atoms with Crippen molar-refractivity contribution in [1.29, 1.82) is 0 Å². The number of rotatable bonds is 6. The van der Waals surface area contributed by atoms with E-state index in [1.807, 2.05) is 17.4 Å². The Hall–Kier alpha value is -1.13. The smallest absolute Gasteiger partial charge is 0.243 e. The van der Waals surface area contributed by atoms with Crippen molar-refractivity contribution in [2.24, 2.45) is 11.8 Å². The molecule has 0 spiro atoms. The molecule has 3 nitrogen and oxygen atoms in total. The fraction of sp³-hybridized carbons (Fsp3) is 0.611. The molecule has 1 aromatic rings. The highest BCUT2D eigenvalue weighted by atomic mass is 32.1. The summed E-state index contributed by atoms with van der Waals surface area (Å²) in [5, 5.41) is 5.24. The van der Waals surface area contributed by atoms with Crippen LogP contribution in [0.4, 0.5) is 0 Å². The van der Waals surface area contributed by atoms with E-state index in [-0.39, 0.29) is 5.91 Å². The van der Waals surface area contributed by atoms with Crippen LogP contribution >= 0.6 is 11.3 Å². The van der Waals surface area contributed by atoms with Gasteiger partial charge in [-0.1, -0.05) is 11.6 Å². The van der Waals surface area contributed by atoms with Crippen LogP contribution in [0.2, 0.25) is 0 Å². The minimum atomic E-state index is 0.102. The second-order valence-corrected chi connectivity index (χ2v) is 7.74. The molecule has 0 aromatic carbocycles. The molecule has 2 aliphatic rings. The summed E-state index contributed by atoms with van der Waals surface area (Å²) in [4.78, 5) is 15.9. The lowest BCUT2D eigenvalue weighted by molar-refractivity contribution is -0.116. The van der Waals surface area contributed by atoms with E-state index in [1.54, 1.807) is 0 Å². The third-order valence-corrected chi connectivity index (χ3v) is 5.67. The molecule has 1 aromatic heterocycles. The maximum atomic E-state index is 11.9. The van der Waals surface area contributed by atoms with Crippen LogP contribution in [0.5, 0.6) is 0 Å². The maximum absolute atomic E-state index is 11.9. The van der Waals surface area contributed by atoms with Crippen molar-refractivity contribution in [1.82, 2.24) is 10.2 Å². The van der Waals surface area contributed by atoms with Crippen molar-refractivity contribution in [2.45, 2.75) is 39.2 Å². The minimum absolute atomic E-state index is 0.102. The molecule has 0 atom stereocenters. The quantitative estimate of drug-likeness (QED) is 0.815. The molecular weight excluding hydrogens is 292 g/mol. The number of allylic oxidation sites excluding steroid dienone is 1. The highest BCUT2D eigenvalue weighted by Gasteiger charge is 2.24. The zero-order valence-corrected chi connectivity index (χ0v) is 14.2. The number of likely N-dealkylation sites (tertiary alicyclic amines) is 1. The van der Waals surface area contributed by atoms with E-state index in [4.69, 9.17) is 0 Å². The first-order valence-corrected chi connectivity index (χ1v) is 9.29. The van der Waals surface area contributed by atoms with E-state index >= 15 is 0 Å². The fourth-order valence-corrected chi connectivity index (χ4v) is 3.88. The van der Waals surface area contributed by atoms with Crippen LogP contribution in [0.25, 0.3) is 0 Å². The summed E-state index contributed by atoms with van der Waals surface area (Å²) in [7, 11) is 0. The van der Waals surface area contributed by atoms with Crippen molar-refractivity contribution >= 4 is 17.2 Å². The molecule has 2 fully saturated rings. The first-order valence-electron chi connectivity index (χ1n) is 8.41. The second-order valence-electron chi connectivity index (χ2n) is 6.71. The van der Waals surface area contributed by atoms with Crippen molar-refractivity contribution in [3.8, 4) is 0 Å². The monoisotopic (exact) mass is 318 g/mol. The van der Waals surface area contributed by atoms with Gasteiger partial charge >= 0.3 is 0 Å². The number of piperidine rings is 1. The lowest BCUT2D eigenvalue weighted by atomic mass is 9.96. The predicted octanol–water partition coefficient (Wildman–Crippen LogP) is 3.43. The molecule has 2 heterocycles. The molecule has 0 radical (unpaired) electrons. The van der Waals surface area contributed by atoms with Crippen molar-refractivity contribution in [3.05, 3.63) is 34.0 Å². The highest BCUT2D eigenvalue weighted by Crippen LogP contribution is 2.35. The van der Waals surface area contributed by atoms with Crippen LogP contribution in [0.15, 0.2) is 29.2 Å². The summed E-state index contributed by atoms with van der Waals surface area (Å²) >= 11 is 1.84. The van der Waals surface area contributed by atoms with Gasteiger partial charge in [0.25, 0.3) is 0 Å². The molecule has 0 bridgehead atoms. The number of carbonyl (C=O) groups excluding carboxylic acids is 1. The van der Waals surface area contributed by atoms with E-state index in [0.29, 0.717) is 11.8 Å². The van der Waals surface area contributed by atoms with Gasteiger partial charge < -0.3 is 5.32 Å². The van der Waals surface area contributed by atoms with Gasteiger partial charge in [0.2, 0.25) is 5.91 Å². The first-order chi connectivity index (χ1) is 10.7. The molecule has 120 valence electrons. The maximum Gasteiger partial charge on any atom is 0.243 e. The zero-order valence-electron chi connectivity index (χ0n) is 13.4. The van der Waals surface area contributed by atoms with E-state index in [0.717, 1.165) is 26.2 Å². The zero-order chi connectivity index (χ0) is 15.4. The number of carbonyl (C=O) groups is 1. The summed E-state index contributed by atoms with van der Waals surface area (Å²) < 4.78 is 0. The molecule has 1 amide bonds. The summed E-state index contributed by atoms with van der Waals surface area (Å²) in [5.41, 5.74) is 1.25. The number of hydrogen-bond donors (Lipinski definition) is 1. The Kier molecular flexibility index (Phi) is 5.32. The average Bonchev–Trinajstić information content (AvgIpc) is 3.25. The van der Waals surface area contributed by atoms with Gasteiger partial charge in [-0.2, -0.15) is 0 Å². The van der Waals surface area contributed by atoms with Gasteiger partial charge in [-0.25, -0.2) is 0 Å². The first kappa shape index (κ1) is 15.8. The van der Waals surface area contributed by atoms with Gasteiger partial charge in [-0.3, -0.25) is 9.69 Å². The lowest BCUT2D eigenvalue weighted by Gasteiger charge is -2.31. The number of nitrogens with one attached hydrogen (secondary N) is 1. The van der Waals surface area contributed by atoms with Crippen LogP contribution in [-0.2, 0) is 11.3 Å². The molecule has 22 heavy (non-hydrogen) atoms. The number of amides is 1. The standard InChI is InChI=1S/C18H26N2OS/c1-14(16-4-5-16)11-18(21)19-12-15-6-8-20(9-7-15)13-17-3-2-10-22-17/h2-3,10-11,15-16H,4-9,12-13H2,1H3,(H,19,21)/b14-11-. The Bertz CT molecular complexity index is 511. The van der Waals surface area contributed by atoms with Crippen LogP contribution in [0, 0.1) is 11.8 Å². The van der Waals surface area contributed by atoms with Crippen LogP contribution < -0.4 is 5.32 Å². The summed E-state index contributed by atoms with van der Waals surface area (Å²) in [6.07, 6.45) is 6.72. The second kappa shape index (κ2) is 7.42. The lowest BCUT2D eigenvalue weighted by Crippen LogP contribution is -2.37. The van der Waals surface area contributed by atoms with Gasteiger partial charge in [0, 0.05) is 24.0 Å². The van der Waals surface area contributed by atoms with Crippen LogP contribution in [-0.4, -0.2) is 30.4 Å². The van der Waals surface area contributed by atoms with Crippen LogP contribution in [0.3, 0.4) is 0 Å². The fourth-order valence-electron chi connectivity index (χ4n) is 3.13. The van der Waals surface area contributed by atoms with Gasteiger partial charge in [-0.15, -0.1) is 11.3 Å². The van der Waals surface area contributed by atoms with Crippen molar-refractivity contribution < 1.29 is 4.79 Å². The Morgan fingerprint density at radius 3 is 2.77 bits per heavy atom. The largest absolute Gasteiger partial charge is 0.352 e. The van der Waals surface area contributed by atoms with E-state index in [1.165, 1.54) is 36.1 Å². The topological polar surface area (TPSA) is 32.3 Å². The van der Waals surface area contributed by atoms with Gasteiger partial charge in [0.05, 0.1) is 0 Å². The van der Waals surface area contributed by atoms with E-state index in [2.05, 4.69) is 34.7 Å². The molecule has 1 N–H and O–H groups in total. The normalized spacial score (nSPS) is 21.0. The Balaban J connectivity index is 1.35. The molecule has 4 heteroatoms. The van der Waals surface area contributed by atoms with Gasteiger partial charge in [-0.05, 0) is 69.0 Å². The molecule has 1 saturated carbocycles. The Labute approximate surface area is 137 Å². The Morgan fingerprint density at radius 1 is 1.36 bits per heavy atom. The number of nitrogens with zero attached hydrogens (tertiary/aromatic N) is 1. The van der Waals surface area contributed by atoms with Crippen molar-refractivity contribution in [2.75, 3.05) is 19.6 Å². The molecule has 1 saturated heterocycles.